The average Bonchev–Trinajstić information content (AvgIpc) is 3.02. The highest BCUT2D eigenvalue weighted by atomic mass is 16.6. The second-order valence-electron chi connectivity index (χ2n) is 5.35. The predicted octanol–water partition coefficient (Wildman–Crippen LogP) is 3.54. The van der Waals surface area contributed by atoms with E-state index in [4.69, 9.17) is 4.74 Å². The fourth-order valence-corrected chi connectivity index (χ4v) is 2.43. The Labute approximate surface area is 143 Å². The summed E-state index contributed by atoms with van der Waals surface area (Å²) >= 11 is 0. The van der Waals surface area contributed by atoms with Crippen molar-refractivity contribution in [2.45, 2.75) is 13.5 Å². The number of hydrogen-bond acceptors (Lipinski definition) is 5. The fraction of sp³-hybridized carbons (Fsp3) is 0.111. The third kappa shape index (κ3) is 3.33. The summed E-state index contributed by atoms with van der Waals surface area (Å²) in [4.78, 5) is 10.5. The van der Waals surface area contributed by atoms with Crippen LogP contribution in [0.2, 0.25) is 0 Å². The van der Waals surface area contributed by atoms with Gasteiger partial charge in [0.05, 0.1) is 16.2 Å². The van der Waals surface area contributed by atoms with E-state index in [2.05, 4.69) is 11.2 Å². The van der Waals surface area contributed by atoms with E-state index in [9.17, 15) is 15.4 Å². The number of rotatable bonds is 5. The largest absolute Gasteiger partial charge is 0.487 e. The fourth-order valence-electron chi connectivity index (χ4n) is 2.43. The summed E-state index contributed by atoms with van der Waals surface area (Å²) in [7, 11) is 0. The monoisotopic (exact) mass is 334 g/mol. The maximum Gasteiger partial charge on any atom is 0.310 e. The first kappa shape index (κ1) is 16.2. The quantitative estimate of drug-likeness (QED) is 0.525. The molecule has 0 aliphatic carbocycles. The Bertz CT molecular complexity index is 958. The molecule has 1 heterocycles. The van der Waals surface area contributed by atoms with Gasteiger partial charge in [0.2, 0.25) is 0 Å². The highest BCUT2D eigenvalue weighted by Gasteiger charge is 2.18. The van der Waals surface area contributed by atoms with Crippen molar-refractivity contribution in [3.05, 3.63) is 81.7 Å². The number of benzene rings is 2. The van der Waals surface area contributed by atoms with E-state index in [0.717, 1.165) is 5.56 Å². The minimum Gasteiger partial charge on any atom is -0.487 e. The molecule has 0 spiro atoms. The van der Waals surface area contributed by atoms with Gasteiger partial charge in [0.15, 0.2) is 0 Å². The lowest BCUT2D eigenvalue weighted by Gasteiger charge is -2.11. The summed E-state index contributed by atoms with van der Waals surface area (Å²) in [5, 5.41) is 24.3. The van der Waals surface area contributed by atoms with Gasteiger partial charge in [0.25, 0.3) is 0 Å². The van der Waals surface area contributed by atoms with Gasteiger partial charge < -0.3 is 4.74 Å². The molecule has 0 unspecified atom stereocenters. The molecule has 0 atom stereocenters. The summed E-state index contributed by atoms with van der Waals surface area (Å²) in [5.74, 6) is 0.404. The Morgan fingerprint density at radius 1 is 1.28 bits per heavy atom. The molecule has 0 fully saturated rings. The predicted molar refractivity (Wildman–Crippen MR) is 90.4 cm³/mol. The van der Waals surface area contributed by atoms with Crippen LogP contribution < -0.4 is 4.74 Å². The molecule has 0 saturated heterocycles. The number of aromatic nitrogens is 2. The van der Waals surface area contributed by atoms with Crippen LogP contribution in [0.4, 0.5) is 5.69 Å². The van der Waals surface area contributed by atoms with Crippen LogP contribution in [0.1, 0.15) is 16.8 Å². The van der Waals surface area contributed by atoms with Gasteiger partial charge in [-0.1, -0.05) is 30.3 Å². The summed E-state index contributed by atoms with van der Waals surface area (Å²) < 4.78 is 7.23. The van der Waals surface area contributed by atoms with E-state index in [1.54, 1.807) is 25.1 Å². The Morgan fingerprint density at radius 2 is 2.04 bits per heavy atom. The molecule has 0 aliphatic rings. The van der Waals surface area contributed by atoms with Crippen LogP contribution in [0.3, 0.4) is 0 Å². The van der Waals surface area contributed by atoms with Crippen LogP contribution in [-0.2, 0) is 6.61 Å². The van der Waals surface area contributed by atoms with Crippen LogP contribution in [0.5, 0.6) is 5.75 Å². The van der Waals surface area contributed by atoms with Gasteiger partial charge in [-0.3, -0.25) is 10.1 Å². The Hall–Kier alpha value is -3.66. The standard InChI is InChI=1S/C18H14N4O3/c1-13-17(22(23)24)11-20-21(13)16-8-7-15(10-19)18(9-16)25-12-14-5-3-2-4-6-14/h2-9,11H,12H2,1H3. The number of nitro groups is 1. The first-order valence-electron chi connectivity index (χ1n) is 7.50. The van der Waals surface area contributed by atoms with Gasteiger partial charge in [-0.15, -0.1) is 0 Å². The van der Waals surface area contributed by atoms with Gasteiger partial charge >= 0.3 is 5.69 Å². The van der Waals surface area contributed by atoms with Crippen LogP contribution in [0, 0.1) is 28.4 Å². The van der Waals surface area contributed by atoms with Crippen LogP contribution in [0.15, 0.2) is 54.7 Å². The van der Waals surface area contributed by atoms with Crippen molar-refractivity contribution < 1.29 is 9.66 Å². The number of nitrogens with zero attached hydrogens (tertiary/aromatic N) is 4. The summed E-state index contributed by atoms with van der Waals surface area (Å²) in [6.45, 7) is 1.94. The second kappa shape index (κ2) is 6.84. The molecule has 0 aliphatic heterocycles. The van der Waals surface area contributed by atoms with E-state index in [1.165, 1.54) is 10.9 Å². The molecule has 3 rings (SSSR count). The third-order valence-electron chi connectivity index (χ3n) is 3.75. The minimum atomic E-state index is -0.477. The van der Waals surface area contributed by atoms with Gasteiger partial charge in [-0.2, -0.15) is 10.4 Å². The molecule has 0 radical (unpaired) electrons. The van der Waals surface area contributed by atoms with E-state index >= 15 is 0 Å². The number of nitriles is 1. The summed E-state index contributed by atoms with van der Waals surface area (Å²) in [6.07, 6.45) is 1.21. The minimum absolute atomic E-state index is 0.0592. The van der Waals surface area contributed by atoms with Gasteiger partial charge in [-0.25, -0.2) is 4.68 Å². The molecule has 124 valence electrons. The van der Waals surface area contributed by atoms with Gasteiger partial charge in [-0.05, 0) is 24.6 Å². The molecule has 0 amide bonds. The SMILES string of the molecule is Cc1c([N+](=O)[O-])cnn1-c1ccc(C#N)c(OCc2ccccc2)c1. The van der Waals surface area contributed by atoms with Gasteiger partial charge in [0.1, 0.15) is 30.3 Å². The molecule has 7 heteroatoms. The molecule has 25 heavy (non-hydrogen) atoms. The lowest BCUT2D eigenvalue weighted by Crippen LogP contribution is -2.02. The van der Waals surface area contributed by atoms with Crippen molar-refractivity contribution in [3.8, 4) is 17.5 Å². The highest BCUT2D eigenvalue weighted by Crippen LogP contribution is 2.26. The number of hydrogen-bond donors (Lipinski definition) is 0. The zero-order valence-electron chi connectivity index (χ0n) is 13.4. The lowest BCUT2D eigenvalue weighted by atomic mass is 10.2. The van der Waals surface area contributed by atoms with Crippen LogP contribution in [-0.4, -0.2) is 14.7 Å². The van der Waals surface area contributed by atoms with E-state index in [1.807, 2.05) is 30.3 Å². The Balaban J connectivity index is 1.93. The van der Waals surface area contributed by atoms with E-state index < -0.39 is 4.92 Å². The molecule has 7 nitrogen and oxygen atoms in total. The first-order chi connectivity index (χ1) is 12.1. The molecular weight excluding hydrogens is 320 g/mol. The van der Waals surface area contributed by atoms with Crippen molar-refractivity contribution in [2.75, 3.05) is 0 Å². The maximum absolute atomic E-state index is 11.0. The first-order valence-corrected chi connectivity index (χ1v) is 7.50. The zero-order chi connectivity index (χ0) is 17.8. The van der Waals surface area contributed by atoms with Crippen molar-refractivity contribution in [1.82, 2.24) is 9.78 Å². The normalized spacial score (nSPS) is 10.2. The molecule has 0 saturated carbocycles. The smallest absolute Gasteiger partial charge is 0.310 e. The van der Waals surface area contributed by atoms with Crippen molar-refractivity contribution in [3.63, 3.8) is 0 Å². The van der Waals surface area contributed by atoms with Crippen molar-refractivity contribution in [2.24, 2.45) is 0 Å². The third-order valence-corrected chi connectivity index (χ3v) is 3.75. The summed E-state index contributed by atoms with van der Waals surface area (Å²) in [6, 6.07) is 16.6. The molecule has 0 N–H and O–H groups in total. The van der Waals surface area contributed by atoms with Crippen LogP contribution >= 0.6 is 0 Å². The second-order valence-corrected chi connectivity index (χ2v) is 5.35. The number of ether oxygens (including phenoxy) is 1. The topological polar surface area (TPSA) is 94.0 Å². The average molecular weight is 334 g/mol. The Morgan fingerprint density at radius 3 is 2.68 bits per heavy atom. The molecule has 2 aromatic carbocycles. The summed E-state index contributed by atoms with van der Waals surface area (Å²) in [5.41, 5.74) is 2.30. The lowest BCUT2D eigenvalue weighted by molar-refractivity contribution is -0.385. The zero-order valence-corrected chi connectivity index (χ0v) is 13.4. The van der Waals surface area contributed by atoms with Crippen LogP contribution in [0.25, 0.3) is 5.69 Å². The van der Waals surface area contributed by atoms with E-state index in [-0.39, 0.29) is 5.69 Å². The van der Waals surface area contributed by atoms with E-state index in [0.29, 0.717) is 29.3 Å². The van der Waals surface area contributed by atoms with Gasteiger partial charge in [0, 0.05) is 6.07 Å². The Kier molecular flexibility index (Phi) is 4.44. The molecule has 1 aromatic heterocycles. The van der Waals surface area contributed by atoms with Crippen molar-refractivity contribution >= 4 is 5.69 Å². The molecular formula is C18H14N4O3. The molecule has 0 bridgehead atoms. The maximum atomic E-state index is 11.0. The molecule has 3 aromatic rings. The van der Waals surface area contributed by atoms with Crippen molar-refractivity contribution in [1.29, 1.82) is 5.26 Å². The highest BCUT2D eigenvalue weighted by molar-refractivity contribution is 5.51.